The number of allylic oxidation sites excluding steroid dienone is 1. The van der Waals surface area contributed by atoms with E-state index in [9.17, 15) is 13.2 Å². The minimum absolute atomic E-state index is 0.102. The maximum Gasteiger partial charge on any atom is 0.266 e. The number of rotatable bonds is 7. The monoisotopic (exact) mass is 440 g/mol. The summed E-state index contributed by atoms with van der Waals surface area (Å²) in [6.45, 7) is 7.36. The van der Waals surface area contributed by atoms with E-state index in [1.807, 2.05) is 24.3 Å². The number of hydroxylamine groups is 1. The lowest BCUT2D eigenvalue weighted by atomic mass is 9.94. The molecule has 1 heterocycles. The number of amides is 1. The van der Waals surface area contributed by atoms with Gasteiger partial charge in [0.2, 0.25) is 10.0 Å². The van der Waals surface area contributed by atoms with Crippen molar-refractivity contribution in [3.8, 4) is 11.1 Å². The van der Waals surface area contributed by atoms with E-state index in [4.69, 9.17) is 5.21 Å². The molecule has 0 radical (unpaired) electrons. The second-order valence-corrected chi connectivity index (χ2v) is 10.3. The molecule has 7 heteroatoms. The summed E-state index contributed by atoms with van der Waals surface area (Å²) in [5, 5.41) is 9.05. The van der Waals surface area contributed by atoms with Gasteiger partial charge in [-0.2, -0.15) is 4.31 Å². The van der Waals surface area contributed by atoms with Gasteiger partial charge in [-0.1, -0.05) is 60.7 Å². The van der Waals surface area contributed by atoms with E-state index in [0.717, 1.165) is 22.3 Å². The van der Waals surface area contributed by atoms with Crippen LogP contribution < -0.4 is 5.48 Å². The summed E-state index contributed by atoms with van der Waals surface area (Å²) in [6, 6.07) is 16.4. The van der Waals surface area contributed by atoms with Gasteiger partial charge in [0.05, 0.1) is 0 Å². The van der Waals surface area contributed by atoms with Crippen molar-refractivity contribution in [2.24, 2.45) is 0 Å². The molecule has 0 saturated heterocycles. The van der Waals surface area contributed by atoms with Gasteiger partial charge in [0.1, 0.15) is 0 Å². The molecule has 0 aromatic heterocycles. The van der Waals surface area contributed by atoms with Crippen molar-refractivity contribution in [2.45, 2.75) is 31.4 Å². The molecule has 1 amide bonds. The Morgan fingerprint density at radius 3 is 2.48 bits per heavy atom. The highest BCUT2D eigenvalue weighted by atomic mass is 32.2. The summed E-state index contributed by atoms with van der Waals surface area (Å²) in [6.07, 6.45) is 3.70. The number of aryl methyl sites for hydroxylation is 1. The fourth-order valence-electron chi connectivity index (χ4n) is 3.93. The van der Waals surface area contributed by atoms with Crippen molar-refractivity contribution in [2.75, 3.05) is 13.1 Å². The maximum atomic E-state index is 13.2. The lowest BCUT2D eigenvalue weighted by Gasteiger charge is -2.34. The van der Waals surface area contributed by atoms with Gasteiger partial charge >= 0.3 is 0 Å². The molecule has 0 aliphatic carbocycles. The molecule has 1 aliphatic heterocycles. The van der Waals surface area contributed by atoms with Crippen LogP contribution in [-0.2, 0) is 14.8 Å². The third kappa shape index (κ3) is 4.35. The van der Waals surface area contributed by atoms with E-state index < -0.39 is 20.7 Å². The fourth-order valence-corrected chi connectivity index (χ4v) is 5.71. The zero-order chi connectivity index (χ0) is 22.6. The van der Waals surface area contributed by atoms with Crippen molar-refractivity contribution < 1.29 is 18.4 Å². The summed E-state index contributed by atoms with van der Waals surface area (Å²) in [7, 11) is -4.01. The van der Waals surface area contributed by atoms with Gasteiger partial charge in [-0.05, 0) is 54.5 Å². The number of benzene rings is 2. The van der Waals surface area contributed by atoms with Crippen molar-refractivity contribution in [3.63, 3.8) is 0 Å². The number of carbonyl (C=O) groups excluding carboxylic acids is 1. The highest BCUT2D eigenvalue weighted by Gasteiger charge is 2.48. The fraction of sp³-hybridized carbons (Fsp3) is 0.292. The molecule has 6 nitrogen and oxygen atoms in total. The topological polar surface area (TPSA) is 86.7 Å². The molecule has 31 heavy (non-hydrogen) atoms. The van der Waals surface area contributed by atoms with Gasteiger partial charge < -0.3 is 0 Å². The molecule has 2 N–H and O–H groups in total. The van der Waals surface area contributed by atoms with Gasteiger partial charge in [0.25, 0.3) is 5.91 Å². The third-order valence-corrected chi connectivity index (χ3v) is 8.38. The lowest BCUT2D eigenvalue weighted by molar-refractivity contribution is -0.131. The largest absolute Gasteiger partial charge is 0.289 e. The summed E-state index contributed by atoms with van der Waals surface area (Å²) in [5.41, 5.74) is 7.10. The van der Waals surface area contributed by atoms with Gasteiger partial charge in [0.15, 0.2) is 4.75 Å². The number of nitrogens with zero attached hydrogens (tertiary/aromatic N) is 1. The molecule has 164 valence electrons. The molecule has 0 fully saturated rings. The average molecular weight is 441 g/mol. The first-order chi connectivity index (χ1) is 14.7. The maximum absolute atomic E-state index is 13.2. The van der Waals surface area contributed by atoms with Crippen LogP contribution >= 0.6 is 0 Å². The SMILES string of the molecule is C=CCC(C)(C(=O)NO)S(=O)(=O)N1CC=C(c2ccc(-c3ccccc3)c(C)c2)CC1. The first kappa shape index (κ1) is 22.9. The first-order valence-corrected chi connectivity index (χ1v) is 11.6. The van der Waals surface area contributed by atoms with Crippen molar-refractivity contribution >= 4 is 21.5 Å². The summed E-state index contributed by atoms with van der Waals surface area (Å²) in [4.78, 5) is 12.2. The number of hydrogen-bond acceptors (Lipinski definition) is 4. The Hall–Kier alpha value is -2.74. The Balaban J connectivity index is 1.83. The Bertz CT molecular complexity index is 1110. The Morgan fingerprint density at radius 1 is 1.23 bits per heavy atom. The van der Waals surface area contributed by atoms with Crippen LogP contribution in [0, 0.1) is 6.92 Å². The van der Waals surface area contributed by atoms with Gasteiger partial charge in [-0.15, -0.1) is 6.58 Å². The van der Waals surface area contributed by atoms with Crippen LogP contribution in [0.25, 0.3) is 16.7 Å². The van der Waals surface area contributed by atoms with Crippen molar-refractivity contribution in [1.29, 1.82) is 0 Å². The molecular weight excluding hydrogens is 412 g/mol. The smallest absolute Gasteiger partial charge is 0.266 e. The van der Waals surface area contributed by atoms with E-state index in [1.165, 1.54) is 28.3 Å². The van der Waals surface area contributed by atoms with E-state index >= 15 is 0 Å². The average Bonchev–Trinajstić information content (AvgIpc) is 2.79. The van der Waals surface area contributed by atoms with E-state index in [2.05, 4.69) is 43.8 Å². The summed E-state index contributed by atoms with van der Waals surface area (Å²) in [5.74, 6) is -0.964. The van der Waals surface area contributed by atoms with Crippen LogP contribution in [0.1, 0.15) is 30.9 Å². The number of sulfonamides is 1. The van der Waals surface area contributed by atoms with Crippen molar-refractivity contribution in [1.82, 2.24) is 9.79 Å². The highest BCUT2D eigenvalue weighted by molar-refractivity contribution is 7.91. The molecule has 2 aromatic rings. The minimum atomic E-state index is -4.01. The van der Waals surface area contributed by atoms with E-state index in [-0.39, 0.29) is 19.5 Å². The Morgan fingerprint density at radius 2 is 1.94 bits per heavy atom. The lowest BCUT2D eigenvalue weighted by Crippen LogP contribution is -2.55. The molecule has 2 aromatic carbocycles. The molecule has 3 rings (SSSR count). The standard InChI is InChI=1S/C24H28N2O4S/c1-4-14-24(3,23(27)25-28)31(29,30)26-15-12-19(13-16-26)21-10-11-22(18(2)17-21)20-8-6-5-7-9-20/h4-12,17,28H,1,13-16H2,2-3H3,(H,25,27). The van der Waals surface area contributed by atoms with Gasteiger partial charge in [0, 0.05) is 13.1 Å². The second-order valence-electron chi connectivity index (χ2n) is 7.90. The molecule has 0 spiro atoms. The van der Waals surface area contributed by atoms with E-state index in [0.29, 0.717) is 6.42 Å². The predicted molar refractivity (Wildman–Crippen MR) is 123 cm³/mol. The molecule has 1 atom stereocenters. The van der Waals surface area contributed by atoms with Crippen LogP contribution in [0.15, 0.2) is 67.3 Å². The van der Waals surface area contributed by atoms with Crippen LogP contribution in [0.4, 0.5) is 0 Å². The molecule has 1 unspecified atom stereocenters. The zero-order valence-electron chi connectivity index (χ0n) is 17.8. The van der Waals surface area contributed by atoms with Crippen molar-refractivity contribution in [3.05, 3.63) is 78.4 Å². The van der Waals surface area contributed by atoms with Crippen LogP contribution in [0.2, 0.25) is 0 Å². The molecule has 0 saturated carbocycles. The summed E-state index contributed by atoms with van der Waals surface area (Å²) >= 11 is 0. The third-order valence-electron chi connectivity index (χ3n) is 5.88. The first-order valence-electron chi connectivity index (χ1n) is 10.1. The van der Waals surface area contributed by atoms with Gasteiger partial charge in [-0.25, -0.2) is 13.9 Å². The van der Waals surface area contributed by atoms with Gasteiger partial charge in [-0.3, -0.25) is 10.0 Å². The quantitative estimate of drug-likeness (QED) is 0.388. The molecule has 1 aliphatic rings. The predicted octanol–water partition coefficient (Wildman–Crippen LogP) is 3.92. The summed E-state index contributed by atoms with van der Waals surface area (Å²) < 4.78 is 25.8. The highest BCUT2D eigenvalue weighted by Crippen LogP contribution is 2.32. The number of hydrogen-bond donors (Lipinski definition) is 2. The van der Waals surface area contributed by atoms with E-state index in [1.54, 1.807) is 0 Å². The Labute approximate surface area is 183 Å². The van der Waals surface area contributed by atoms with Crippen LogP contribution in [-0.4, -0.2) is 41.7 Å². The minimum Gasteiger partial charge on any atom is -0.289 e. The number of nitrogens with one attached hydrogen (secondary N) is 1. The second kappa shape index (κ2) is 9.18. The molecule has 0 bridgehead atoms. The van der Waals surface area contributed by atoms with Crippen LogP contribution in [0.5, 0.6) is 0 Å². The molecular formula is C24H28N2O4S. The van der Waals surface area contributed by atoms with Crippen LogP contribution in [0.3, 0.4) is 0 Å². The number of carbonyl (C=O) groups is 1. The Kier molecular flexibility index (Phi) is 6.79. The zero-order valence-corrected chi connectivity index (χ0v) is 18.7. The normalized spacial score (nSPS) is 16.8.